The van der Waals surface area contributed by atoms with Gasteiger partial charge < -0.3 is 14.7 Å². The monoisotopic (exact) mass is 375 g/mol. The molecule has 1 saturated heterocycles. The summed E-state index contributed by atoms with van der Waals surface area (Å²) >= 11 is 0. The summed E-state index contributed by atoms with van der Waals surface area (Å²) in [7, 11) is -3.75. The number of carbonyl (C=O) groups is 2. The van der Waals surface area contributed by atoms with Gasteiger partial charge in [-0.3, -0.25) is 14.6 Å². The maximum Gasteiger partial charge on any atom is 0.318 e. The number of aromatic nitrogens is 1. The van der Waals surface area contributed by atoms with Crippen LogP contribution in [-0.2, 0) is 19.6 Å². The van der Waals surface area contributed by atoms with Crippen molar-refractivity contribution < 1.29 is 32.2 Å². The van der Waals surface area contributed by atoms with Gasteiger partial charge in [0.25, 0.3) is 5.91 Å². The fourth-order valence-corrected chi connectivity index (χ4v) is 3.20. The quantitative estimate of drug-likeness (QED) is 0.706. The largest absolute Gasteiger partial charge is 0.480 e. The Morgan fingerprint density at radius 3 is 2.80 bits per heavy atom. The zero-order valence-electron chi connectivity index (χ0n) is 13.5. The van der Waals surface area contributed by atoms with E-state index >= 15 is 0 Å². The van der Waals surface area contributed by atoms with Crippen molar-refractivity contribution in [3.05, 3.63) is 29.8 Å². The third-order valence-electron chi connectivity index (χ3n) is 3.57. The molecule has 0 spiro atoms. The van der Waals surface area contributed by atoms with E-state index in [0.29, 0.717) is 0 Å². The number of carbonyl (C=O) groups excluding carboxylic acids is 1. The zero-order chi connectivity index (χ0) is 18.6. The van der Waals surface area contributed by atoms with Gasteiger partial charge in [0.1, 0.15) is 12.4 Å². The highest BCUT2D eigenvalue weighted by atomic mass is 32.2. The summed E-state index contributed by atoms with van der Waals surface area (Å²) in [4.78, 5) is 28.2. The van der Waals surface area contributed by atoms with Crippen molar-refractivity contribution >= 4 is 21.9 Å². The first-order valence-electron chi connectivity index (χ1n) is 7.35. The number of rotatable bonds is 6. The number of halogens is 1. The number of carboxylic acid groups (broad SMARTS) is 1. The summed E-state index contributed by atoms with van der Waals surface area (Å²) in [5, 5.41) is 8.84. The molecule has 1 aliphatic rings. The maximum atomic E-state index is 13.2. The predicted octanol–water partition coefficient (Wildman–Crippen LogP) is -0.592. The van der Waals surface area contributed by atoms with Crippen molar-refractivity contribution in [2.24, 2.45) is 0 Å². The summed E-state index contributed by atoms with van der Waals surface area (Å²) in [5.74, 6) is -2.38. The summed E-state index contributed by atoms with van der Waals surface area (Å²) in [5.41, 5.74) is 0.0751. The minimum absolute atomic E-state index is 0.0565. The van der Waals surface area contributed by atoms with Crippen molar-refractivity contribution in [1.82, 2.24) is 14.2 Å². The fraction of sp³-hybridized carbons (Fsp3) is 0.500. The first-order chi connectivity index (χ1) is 11.7. The Balaban J connectivity index is 2.07. The lowest BCUT2D eigenvalue weighted by Gasteiger charge is -2.34. The van der Waals surface area contributed by atoms with Crippen molar-refractivity contribution in [1.29, 1.82) is 0 Å². The van der Waals surface area contributed by atoms with Crippen LogP contribution in [0.4, 0.5) is 4.39 Å². The van der Waals surface area contributed by atoms with Crippen molar-refractivity contribution in [2.45, 2.75) is 6.10 Å². The molecule has 1 atom stereocenters. The molecule has 0 aliphatic carbocycles. The molecule has 1 amide bonds. The first kappa shape index (κ1) is 19.2. The highest BCUT2D eigenvalue weighted by Crippen LogP contribution is 2.13. The van der Waals surface area contributed by atoms with E-state index in [4.69, 9.17) is 9.84 Å². The molecule has 1 fully saturated rings. The number of sulfonamides is 1. The van der Waals surface area contributed by atoms with E-state index in [9.17, 15) is 22.4 Å². The van der Waals surface area contributed by atoms with Crippen LogP contribution in [0.3, 0.4) is 0 Å². The Kier molecular flexibility index (Phi) is 6.03. The Hall–Kier alpha value is -2.11. The Labute approximate surface area is 144 Å². The van der Waals surface area contributed by atoms with Gasteiger partial charge in [0.15, 0.2) is 0 Å². The van der Waals surface area contributed by atoms with Gasteiger partial charge in [-0.2, -0.15) is 4.31 Å². The van der Waals surface area contributed by atoms with Gasteiger partial charge in [-0.15, -0.1) is 0 Å². The zero-order valence-corrected chi connectivity index (χ0v) is 14.3. The second-order valence-electron chi connectivity index (χ2n) is 5.59. The number of nitrogens with zero attached hydrogens (tertiary/aromatic N) is 3. The lowest BCUT2D eigenvalue weighted by Crippen LogP contribution is -2.51. The molecule has 2 rings (SSSR count). The molecule has 0 bridgehead atoms. The minimum Gasteiger partial charge on any atom is -0.480 e. The fourth-order valence-electron chi connectivity index (χ4n) is 2.42. The van der Waals surface area contributed by atoms with E-state index in [1.807, 2.05) is 0 Å². The predicted molar refractivity (Wildman–Crippen MR) is 83.9 cm³/mol. The number of aliphatic carboxylic acids is 1. The van der Waals surface area contributed by atoms with Crippen molar-refractivity contribution in [2.75, 3.05) is 39.0 Å². The van der Waals surface area contributed by atoms with Crippen LogP contribution in [-0.4, -0.2) is 84.7 Å². The van der Waals surface area contributed by atoms with E-state index in [1.54, 1.807) is 0 Å². The van der Waals surface area contributed by atoms with Crippen LogP contribution >= 0.6 is 0 Å². The number of carboxylic acids is 1. The molecule has 1 N–H and O–H groups in total. The summed E-state index contributed by atoms with van der Waals surface area (Å²) in [6.07, 6.45) is 2.44. The van der Waals surface area contributed by atoms with Crippen LogP contribution in [0.1, 0.15) is 10.4 Å². The van der Waals surface area contributed by atoms with Crippen LogP contribution in [0.15, 0.2) is 18.5 Å². The van der Waals surface area contributed by atoms with Crippen molar-refractivity contribution in [3.63, 3.8) is 0 Å². The summed E-state index contributed by atoms with van der Waals surface area (Å²) < 4.78 is 42.8. The van der Waals surface area contributed by atoms with Gasteiger partial charge in [-0.05, 0) is 6.07 Å². The third-order valence-corrected chi connectivity index (χ3v) is 4.78. The van der Waals surface area contributed by atoms with Gasteiger partial charge >= 0.3 is 5.97 Å². The average molecular weight is 375 g/mol. The van der Waals surface area contributed by atoms with E-state index in [0.717, 1.165) is 22.8 Å². The van der Waals surface area contributed by atoms with E-state index < -0.39 is 40.4 Å². The normalized spacial score (nSPS) is 18.4. The highest BCUT2D eigenvalue weighted by Gasteiger charge is 2.30. The molecule has 0 radical (unpaired) electrons. The van der Waals surface area contributed by atoms with Crippen molar-refractivity contribution in [3.8, 4) is 0 Å². The van der Waals surface area contributed by atoms with E-state index in [1.165, 1.54) is 11.1 Å². The average Bonchev–Trinajstić information content (AvgIpc) is 2.52. The summed E-state index contributed by atoms with van der Waals surface area (Å²) in [6.45, 7) is -0.425. The van der Waals surface area contributed by atoms with E-state index in [-0.39, 0.29) is 31.8 Å². The Morgan fingerprint density at radius 1 is 1.48 bits per heavy atom. The molecule has 0 saturated carbocycles. The lowest BCUT2D eigenvalue weighted by atomic mass is 10.2. The topological polar surface area (TPSA) is 117 Å². The summed E-state index contributed by atoms with van der Waals surface area (Å²) in [6, 6.07) is 1.06. The minimum atomic E-state index is -3.75. The molecule has 1 aromatic rings. The molecule has 25 heavy (non-hydrogen) atoms. The second-order valence-corrected chi connectivity index (χ2v) is 7.57. The Morgan fingerprint density at radius 2 is 2.20 bits per heavy atom. The molecular weight excluding hydrogens is 357 g/mol. The molecule has 138 valence electrons. The highest BCUT2D eigenvalue weighted by molar-refractivity contribution is 7.88. The standard InChI is InChI=1S/C14H18FN3O6S/c1-25(22,23)18(9-13(19)20)8-12-7-17(2-3-24-12)14(21)10-4-11(15)6-16-5-10/h4-6,12H,2-3,7-9H2,1H3,(H,19,20). The molecular formula is C14H18FN3O6S. The van der Waals surface area contributed by atoms with Crippen LogP contribution in [0.25, 0.3) is 0 Å². The van der Waals surface area contributed by atoms with Gasteiger partial charge in [0.05, 0.1) is 30.7 Å². The SMILES string of the molecule is CS(=O)(=O)N(CC(=O)O)CC1CN(C(=O)c2cncc(F)c2)CCO1. The van der Waals surface area contributed by atoms with Gasteiger partial charge in [-0.25, -0.2) is 12.8 Å². The van der Waals surface area contributed by atoms with Crippen LogP contribution in [0, 0.1) is 5.82 Å². The third kappa shape index (κ3) is 5.44. The second kappa shape index (κ2) is 7.85. The smallest absolute Gasteiger partial charge is 0.318 e. The number of pyridine rings is 1. The number of hydrogen-bond donors (Lipinski definition) is 1. The molecule has 2 heterocycles. The molecule has 11 heteroatoms. The van der Waals surface area contributed by atoms with Gasteiger partial charge in [-0.1, -0.05) is 0 Å². The van der Waals surface area contributed by atoms with Crippen LogP contribution in [0.2, 0.25) is 0 Å². The number of hydrogen-bond acceptors (Lipinski definition) is 6. The Bertz CT molecular complexity index is 757. The molecule has 1 aromatic heterocycles. The molecule has 9 nitrogen and oxygen atoms in total. The maximum absolute atomic E-state index is 13.2. The molecule has 0 aromatic carbocycles. The number of morpholine rings is 1. The lowest BCUT2D eigenvalue weighted by molar-refractivity contribution is -0.137. The molecule has 1 unspecified atom stereocenters. The van der Waals surface area contributed by atoms with Gasteiger partial charge in [0, 0.05) is 25.8 Å². The van der Waals surface area contributed by atoms with Gasteiger partial charge in [0.2, 0.25) is 10.0 Å². The first-order valence-corrected chi connectivity index (χ1v) is 9.20. The van der Waals surface area contributed by atoms with E-state index in [2.05, 4.69) is 4.98 Å². The van der Waals surface area contributed by atoms with Crippen LogP contribution in [0.5, 0.6) is 0 Å². The number of amides is 1. The molecule has 1 aliphatic heterocycles. The van der Waals surface area contributed by atoms with Crippen LogP contribution < -0.4 is 0 Å². The number of ether oxygens (including phenoxy) is 1.